The minimum atomic E-state index is -0.473. The minimum Gasteiger partial charge on any atom is -0.493 e. The van der Waals surface area contributed by atoms with Crippen molar-refractivity contribution in [3.05, 3.63) is 29.0 Å². The number of thiophene rings is 1. The third kappa shape index (κ3) is 3.26. The van der Waals surface area contributed by atoms with E-state index < -0.39 is 5.41 Å². The first kappa shape index (κ1) is 17.5. The molecule has 0 bridgehead atoms. The Labute approximate surface area is 151 Å². The fraction of sp³-hybridized carbons (Fsp3) is 0.368. The van der Waals surface area contributed by atoms with Crippen molar-refractivity contribution in [1.29, 1.82) is 0 Å². The van der Waals surface area contributed by atoms with Crippen LogP contribution in [0.1, 0.15) is 27.7 Å². The Kier molecular flexibility index (Phi) is 4.56. The number of ether oxygens (including phenoxy) is 1. The van der Waals surface area contributed by atoms with Crippen LogP contribution in [0.15, 0.2) is 29.0 Å². The summed E-state index contributed by atoms with van der Waals surface area (Å²) in [5.74, 6) is 0.747. The van der Waals surface area contributed by atoms with Crippen molar-refractivity contribution in [1.82, 2.24) is 9.78 Å². The summed E-state index contributed by atoms with van der Waals surface area (Å²) in [5, 5.41) is 12.8. The van der Waals surface area contributed by atoms with Crippen LogP contribution in [0.3, 0.4) is 0 Å². The van der Waals surface area contributed by atoms with E-state index in [0.717, 1.165) is 33.6 Å². The highest BCUT2D eigenvalue weighted by atomic mass is 32.1. The van der Waals surface area contributed by atoms with Crippen molar-refractivity contribution in [2.45, 2.75) is 27.7 Å². The van der Waals surface area contributed by atoms with E-state index in [1.807, 2.05) is 63.0 Å². The molecule has 0 aliphatic rings. The van der Waals surface area contributed by atoms with Gasteiger partial charge in [-0.05, 0) is 30.5 Å². The predicted molar refractivity (Wildman–Crippen MR) is 103 cm³/mol. The third-order valence-electron chi connectivity index (χ3n) is 3.97. The van der Waals surface area contributed by atoms with Gasteiger partial charge in [0, 0.05) is 23.4 Å². The molecule has 2 heterocycles. The van der Waals surface area contributed by atoms with Gasteiger partial charge in [0.25, 0.3) is 0 Å². The van der Waals surface area contributed by atoms with E-state index in [-0.39, 0.29) is 5.91 Å². The number of benzene rings is 1. The third-order valence-corrected chi connectivity index (χ3v) is 4.66. The fourth-order valence-corrected chi connectivity index (χ4v) is 3.32. The number of nitrogens with one attached hydrogen (secondary N) is 1. The maximum absolute atomic E-state index is 12.5. The molecule has 2 aromatic heterocycles. The molecule has 0 spiro atoms. The number of amides is 1. The van der Waals surface area contributed by atoms with Gasteiger partial charge in [0.15, 0.2) is 0 Å². The van der Waals surface area contributed by atoms with Crippen LogP contribution in [-0.2, 0) is 11.8 Å². The van der Waals surface area contributed by atoms with Crippen LogP contribution in [0.5, 0.6) is 5.75 Å². The van der Waals surface area contributed by atoms with Gasteiger partial charge in [-0.3, -0.25) is 9.48 Å². The lowest BCUT2D eigenvalue weighted by Crippen LogP contribution is -2.27. The zero-order valence-electron chi connectivity index (χ0n) is 15.2. The molecule has 1 aromatic carbocycles. The van der Waals surface area contributed by atoms with Gasteiger partial charge in [0.05, 0.1) is 23.2 Å². The van der Waals surface area contributed by atoms with Gasteiger partial charge in [-0.1, -0.05) is 20.8 Å². The SMILES string of the molecule is CCOc1ccc(NC(=O)C(C)(C)C)c2c1c(-c1ccsc1)nn2C. The molecule has 25 heavy (non-hydrogen) atoms. The molecule has 0 aliphatic heterocycles. The van der Waals surface area contributed by atoms with E-state index in [4.69, 9.17) is 9.84 Å². The average molecular weight is 357 g/mol. The molecular formula is C19H23N3O2S. The lowest BCUT2D eigenvalue weighted by molar-refractivity contribution is -0.123. The van der Waals surface area contributed by atoms with E-state index in [2.05, 4.69) is 10.7 Å². The second-order valence-electron chi connectivity index (χ2n) is 6.96. The van der Waals surface area contributed by atoms with E-state index in [9.17, 15) is 4.79 Å². The predicted octanol–water partition coefficient (Wildman–Crippen LogP) is 4.69. The molecule has 0 saturated heterocycles. The minimum absolute atomic E-state index is 0.0313. The summed E-state index contributed by atoms with van der Waals surface area (Å²) in [6, 6.07) is 5.83. The van der Waals surface area contributed by atoms with E-state index >= 15 is 0 Å². The maximum Gasteiger partial charge on any atom is 0.229 e. The average Bonchev–Trinajstić information content (AvgIpc) is 3.17. The summed E-state index contributed by atoms with van der Waals surface area (Å²) in [5.41, 5.74) is 3.06. The molecule has 0 saturated carbocycles. The zero-order chi connectivity index (χ0) is 18.2. The van der Waals surface area contributed by atoms with Crippen LogP contribution in [0.4, 0.5) is 5.69 Å². The molecule has 6 heteroatoms. The molecule has 0 unspecified atom stereocenters. The van der Waals surface area contributed by atoms with Gasteiger partial charge in [-0.2, -0.15) is 16.4 Å². The van der Waals surface area contributed by atoms with Crippen LogP contribution in [0.25, 0.3) is 22.2 Å². The Hall–Kier alpha value is -2.34. The molecule has 3 rings (SSSR count). The van der Waals surface area contributed by atoms with E-state index in [1.54, 1.807) is 11.3 Å². The number of nitrogens with zero attached hydrogens (tertiary/aromatic N) is 2. The second-order valence-corrected chi connectivity index (χ2v) is 7.74. The van der Waals surface area contributed by atoms with Crippen LogP contribution >= 0.6 is 11.3 Å². The summed E-state index contributed by atoms with van der Waals surface area (Å²) in [7, 11) is 1.89. The maximum atomic E-state index is 12.5. The highest BCUT2D eigenvalue weighted by Gasteiger charge is 2.24. The van der Waals surface area contributed by atoms with Gasteiger partial charge in [0.2, 0.25) is 5.91 Å². The van der Waals surface area contributed by atoms with Gasteiger partial charge in [-0.25, -0.2) is 0 Å². The zero-order valence-corrected chi connectivity index (χ0v) is 16.0. The summed E-state index contributed by atoms with van der Waals surface area (Å²) < 4.78 is 7.64. The molecule has 5 nitrogen and oxygen atoms in total. The molecule has 3 aromatic rings. The number of hydrogen-bond acceptors (Lipinski definition) is 4. The molecule has 0 atom stereocenters. The normalized spacial score (nSPS) is 11.7. The van der Waals surface area contributed by atoms with Gasteiger partial charge in [0.1, 0.15) is 11.4 Å². The Morgan fingerprint density at radius 2 is 2.08 bits per heavy atom. The largest absolute Gasteiger partial charge is 0.493 e. The fourth-order valence-electron chi connectivity index (χ4n) is 2.68. The first-order valence-electron chi connectivity index (χ1n) is 8.29. The molecule has 1 amide bonds. The van der Waals surface area contributed by atoms with Gasteiger partial charge >= 0.3 is 0 Å². The lowest BCUT2D eigenvalue weighted by Gasteiger charge is -2.19. The number of aromatic nitrogens is 2. The summed E-state index contributed by atoms with van der Waals surface area (Å²) in [6.45, 7) is 8.22. The quantitative estimate of drug-likeness (QED) is 0.737. The Bertz CT molecular complexity index is 905. The number of carbonyl (C=O) groups excluding carboxylic acids is 1. The number of aryl methyl sites for hydroxylation is 1. The Morgan fingerprint density at radius 1 is 1.32 bits per heavy atom. The van der Waals surface area contributed by atoms with Gasteiger partial charge in [-0.15, -0.1) is 0 Å². The number of hydrogen-bond donors (Lipinski definition) is 1. The smallest absolute Gasteiger partial charge is 0.229 e. The summed E-state index contributed by atoms with van der Waals surface area (Å²) in [6.07, 6.45) is 0. The number of fused-ring (bicyclic) bond motifs is 1. The Morgan fingerprint density at radius 3 is 2.68 bits per heavy atom. The van der Waals surface area contributed by atoms with Gasteiger partial charge < -0.3 is 10.1 Å². The van der Waals surface area contributed by atoms with Crippen molar-refractivity contribution in [2.24, 2.45) is 12.5 Å². The first-order chi connectivity index (χ1) is 11.8. The highest BCUT2D eigenvalue weighted by Crippen LogP contribution is 2.39. The number of rotatable bonds is 4. The molecular weight excluding hydrogens is 334 g/mol. The van der Waals surface area contributed by atoms with Crippen LogP contribution < -0.4 is 10.1 Å². The lowest BCUT2D eigenvalue weighted by atomic mass is 9.95. The van der Waals surface area contributed by atoms with Crippen molar-refractivity contribution in [2.75, 3.05) is 11.9 Å². The standard InChI is InChI=1S/C19H23N3O2S/c1-6-24-14-8-7-13(20-18(23)19(2,3)4)17-15(14)16(21-22(17)5)12-9-10-25-11-12/h7-11H,6H2,1-5H3,(H,20,23). The molecule has 0 radical (unpaired) electrons. The van der Waals surface area contributed by atoms with Crippen LogP contribution in [0.2, 0.25) is 0 Å². The summed E-state index contributed by atoms with van der Waals surface area (Å²) in [4.78, 5) is 12.5. The van der Waals surface area contributed by atoms with Crippen molar-refractivity contribution in [3.8, 4) is 17.0 Å². The van der Waals surface area contributed by atoms with Crippen molar-refractivity contribution >= 4 is 33.8 Å². The molecule has 0 aliphatic carbocycles. The molecule has 132 valence electrons. The second kappa shape index (κ2) is 6.52. The Balaban J connectivity index is 2.21. The van der Waals surface area contributed by atoms with Crippen molar-refractivity contribution in [3.63, 3.8) is 0 Å². The topological polar surface area (TPSA) is 56.1 Å². The summed E-state index contributed by atoms with van der Waals surface area (Å²) >= 11 is 1.63. The van der Waals surface area contributed by atoms with Crippen LogP contribution in [-0.4, -0.2) is 22.3 Å². The molecule has 0 fully saturated rings. The number of carbonyl (C=O) groups is 1. The van der Waals surface area contributed by atoms with E-state index in [1.165, 1.54) is 0 Å². The highest BCUT2D eigenvalue weighted by molar-refractivity contribution is 7.08. The van der Waals surface area contributed by atoms with Crippen molar-refractivity contribution < 1.29 is 9.53 Å². The first-order valence-corrected chi connectivity index (χ1v) is 9.23. The molecule has 1 N–H and O–H groups in total. The van der Waals surface area contributed by atoms with Crippen LogP contribution in [0, 0.1) is 5.41 Å². The monoisotopic (exact) mass is 357 g/mol. The van der Waals surface area contributed by atoms with E-state index in [0.29, 0.717) is 6.61 Å². The number of anilines is 1.